The number of fused-ring (bicyclic) bond motifs is 1. The molecular weight excluding hydrogens is 278 g/mol. The second-order valence-corrected chi connectivity index (χ2v) is 5.01. The summed E-state index contributed by atoms with van der Waals surface area (Å²) in [4.78, 5) is 11.3. The number of amides is 1. The summed E-state index contributed by atoms with van der Waals surface area (Å²) in [6, 6.07) is 9.63. The van der Waals surface area contributed by atoms with Gasteiger partial charge in [0.05, 0.1) is 13.2 Å². The van der Waals surface area contributed by atoms with Crippen LogP contribution in [0.3, 0.4) is 0 Å². The Morgan fingerprint density at radius 2 is 2.14 bits per heavy atom. The molecule has 0 spiro atoms. The highest BCUT2D eigenvalue weighted by atomic mass is 16.7. The highest BCUT2D eigenvalue weighted by Crippen LogP contribution is 2.36. The van der Waals surface area contributed by atoms with E-state index in [9.17, 15) is 9.90 Å². The average molecular weight is 295 g/mol. The zero-order valence-corrected chi connectivity index (χ0v) is 11.5. The van der Waals surface area contributed by atoms with Crippen molar-refractivity contribution in [1.82, 2.24) is 5.32 Å². The number of aliphatic hydroxyl groups is 1. The van der Waals surface area contributed by atoms with Gasteiger partial charge in [-0.15, -0.1) is 0 Å². The van der Waals surface area contributed by atoms with E-state index in [0.29, 0.717) is 6.61 Å². The smallest absolute Gasteiger partial charge is 0.410 e. The van der Waals surface area contributed by atoms with Gasteiger partial charge in [-0.2, -0.15) is 0 Å². The largest absolute Gasteiger partial charge is 0.435 e. The van der Waals surface area contributed by atoms with Gasteiger partial charge in [-0.3, -0.25) is 5.32 Å². The normalized spacial score (nSPS) is 34.4. The minimum atomic E-state index is -1.63. The molecule has 3 rings (SSSR count). The summed E-state index contributed by atoms with van der Waals surface area (Å²) < 4.78 is 21.1. The van der Waals surface area contributed by atoms with Crippen LogP contribution in [-0.2, 0) is 25.6 Å². The molecule has 1 aromatic carbocycles. The summed E-state index contributed by atoms with van der Waals surface area (Å²) in [5, 5.41) is 12.9. The third-order valence-electron chi connectivity index (χ3n) is 3.62. The lowest BCUT2D eigenvalue weighted by Gasteiger charge is -2.24. The van der Waals surface area contributed by atoms with Gasteiger partial charge in [0.15, 0.2) is 6.29 Å². The molecule has 0 unspecified atom stereocenters. The summed E-state index contributed by atoms with van der Waals surface area (Å²) in [5.41, 5.74) is -0.622. The van der Waals surface area contributed by atoms with Gasteiger partial charge in [-0.25, -0.2) is 4.79 Å². The van der Waals surface area contributed by atoms with Gasteiger partial charge in [-0.1, -0.05) is 30.3 Å². The molecule has 7 heteroatoms. The maximum absolute atomic E-state index is 11.3. The summed E-state index contributed by atoms with van der Waals surface area (Å²) in [5.74, 6) is 0. The summed E-state index contributed by atoms with van der Waals surface area (Å²) >= 11 is 0. The van der Waals surface area contributed by atoms with E-state index < -0.39 is 30.3 Å². The van der Waals surface area contributed by atoms with Crippen molar-refractivity contribution in [2.24, 2.45) is 0 Å². The van der Waals surface area contributed by atoms with Crippen LogP contribution in [-0.4, -0.2) is 49.1 Å². The molecule has 21 heavy (non-hydrogen) atoms. The van der Waals surface area contributed by atoms with Crippen LogP contribution in [0.5, 0.6) is 0 Å². The van der Waals surface area contributed by atoms with Gasteiger partial charge >= 0.3 is 6.09 Å². The Morgan fingerprint density at radius 1 is 1.38 bits per heavy atom. The van der Waals surface area contributed by atoms with Crippen LogP contribution in [0.2, 0.25) is 0 Å². The molecule has 2 aliphatic heterocycles. The lowest BCUT2D eigenvalue weighted by atomic mass is 10.0. The summed E-state index contributed by atoms with van der Waals surface area (Å²) in [7, 11) is 1.42. The van der Waals surface area contributed by atoms with Crippen LogP contribution >= 0.6 is 0 Å². The molecule has 0 aliphatic carbocycles. The Kier molecular flexibility index (Phi) is 3.81. The molecule has 0 bridgehead atoms. The van der Waals surface area contributed by atoms with Crippen molar-refractivity contribution in [2.75, 3.05) is 13.7 Å². The third-order valence-corrected chi connectivity index (χ3v) is 3.62. The van der Waals surface area contributed by atoms with Crippen molar-refractivity contribution in [3.8, 4) is 0 Å². The fourth-order valence-electron chi connectivity index (χ4n) is 2.54. The highest BCUT2D eigenvalue weighted by molar-refractivity contribution is 5.71. The Morgan fingerprint density at radius 3 is 2.86 bits per heavy atom. The van der Waals surface area contributed by atoms with Crippen molar-refractivity contribution in [3.63, 3.8) is 0 Å². The lowest BCUT2D eigenvalue weighted by molar-refractivity contribution is -0.159. The SMILES string of the molecule is CO[C@@H]1O[C@H](COCc2ccccc2)[C@@]2(O)NC(=O)O[C@@H]12. The number of hydrogen-bond acceptors (Lipinski definition) is 6. The van der Waals surface area contributed by atoms with Gasteiger partial charge in [0.1, 0.15) is 6.10 Å². The van der Waals surface area contributed by atoms with Crippen molar-refractivity contribution in [2.45, 2.75) is 30.8 Å². The van der Waals surface area contributed by atoms with Gasteiger partial charge in [0.2, 0.25) is 11.8 Å². The van der Waals surface area contributed by atoms with E-state index in [1.807, 2.05) is 30.3 Å². The number of alkyl carbamates (subject to hydrolysis) is 1. The minimum Gasteiger partial charge on any atom is -0.435 e. The molecule has 0 radical (unpaired) electrons. The van der Waals surface area contributed by atoms with E-state index >= 15 is 0 Å². The molecular formula is C14H17NO6. The fraction of sp³-hybridized carbons (Fsp3) is 0.500. The number of hydrogen-bond donors (Lipinski definition) is 2. The van der Waals surface area contributed by atoms with Crippen molar-refractivity contribution < 1.29 is 28.8 Å². The molecule has 2 N–H and O–H groups in total. The Hall–Kier alpha value is -1.67. The zero-order valence-electron chi connectivity index (χ0n) is 11.5. The van der Waals surface area contributed by atoms with Crippen LogP contribution in [0, 0.1) is 0 Å². The van der Waals surface area contributed by atoms with Gasteiger partial charge in [0, 0.05) is 7.11 Å². The first-order valence-electron chi connectivity index (χ1n) is 6.64. The predicted octanol–water partition coefficient (Wildman–Crippen LogP) is 0.371. The molecule has 2 saturated heterocycles. The standard InChI is InChI=1S/C14H17NO6/c1-18-12-11-14(17,15-13(16)21-11)10(20-12)8-19-7-9-5-3-2-4-6-9/h2-6,10-12,17H,7-8H2,1H3,(H,15,16)/t10-,11+,12-,14+/m1/s1. The van der Waals surface area contributed by atoms with Crippen LogP contribution in [0.4, 0.5) is 4.79 Å². The van der Waals surface area contributed by atoms with Crippen molar-refractivity contribution in [3.05, 3.63) is 35.9 Å². The quantitative estimate of drug-likeness (QED) is 0.816. The van der Waals surface area contributed by atoms with Gasteiger partial charge in [-0.05, 0) is 5.56 Å². The van der Waals surface area contributed by atoms with Crippen LogP contribution in [0.15, 0.2) is 30.3 Å². The molecule has 7 nitrogen and oxygen atoms in total. The fourth-order valence-corrected chi connectivity index (χ4v) is 2.54. The molecule has 0 aromatic heterocycles. The summed E-state index contributed by atoms with van der Waals surface area (Å²) in [6.45, 7) is 0.485. The number of rotatable bonds is 5. The minimum absolute atomic E-state index is 0.103. The second kappa shape index (κ2) is 5.61. The number of methoxy groups -OCH3 is 1. The predicted molar refractivity (Wildman–Crippen MR) is 70.1 cm³/mol. The monoisotopic (exact) mass is 295 g/mol. The molecule has 2 aliphatic rings. The number of carbonyl (C=O) groups excluding carboxylic acids is 1. The molecule has 2 heterocycles. The molecule has 1 amide bonds. The van der Waals surface area contributed by atoms with Crippen molar-refractivity contribution >= 4 is 6.09 Å². The van der Waals surface area contributed by atoms with Gasteiger partial charge in [0.25, 0.3) is 0 Å². The highest BCUT2D eigenvalue weighted by Gasteiger charge is 2.63. The molecule has 1 aromatic rings. The van der Waals surface area contributed by atoms with Crippen LogP contribution < -0.4 is 5.32 Å². The Labute approximate surface area is 121 Å². The molecule has 2 fully saturated rings. The number of benzene rings is 1. The van der Waals surface area contributed by atoms with Gasteiger partial charge < -0.3 is 24.1 Å². The van der Waals surface area contributed by atoms with Crippen LogP contribution in [0.1, 0.15) is 5.56 Å². The third kappa shape index (κ3) is 2.60. The van der Waals surface area contributed by atoms with E-state index in [4.69, 9.17) is 18.9 Å². The molecule has 0 saturated carbocycles. The Balaban J connectivity index is 1.61. The van der Waals surface area contributed by atoms with E-state index in [1.54, 1.807) is 0 Å². The topological polar surface area (TPSA) is 86.3 Å². The second-order valence-electron chi connectivity index (χ2n) is 5.01. The summed E-state index contributed by atoms with van der Waals surface area (Å²) in [6.07, 6.45) is -3.18. The maximum atomic E-state index is 11.3. The molecule has 114 valence electrons. The maximum Gasteiger partial charge on any atom is 0.410 e. The Bertz CT molecular complexity index is 509. The number of ether oxygens (including phenoxy) is 4. The van der Waals surface area contributed by atoms with E-state index in [1.165, 1.54) is 7.11 Å². The zero-order chi connectivity index (χ0) is 14.9. The lowest BCUT2D eigenvalue weighted by Crippen LogP contribution is -2.55. The average Bonchev–Trinajstić information content (AvgIpc) is 2.91. The first-order valence-corrected chi connectivity index (χ1v) is 6.64. The van der Waals surface area contributed by atoms with Crippen molar-refractivity contribution in [1.29, 1.82) is 0 Å². The first kappa shape index (κ1) is 14.3. The number of carbonyl (C=O) groups is 1. The molecule has 4 atom stereocenters. The van der Waals surface area contributed by atoms with E-state index in [0.717, 1.165) is 5.56 Å². The van der Waals surface area contributed by atoms with Crippen LogP contribution in [0.25, 0.3) is 0 Å². The number of nitrogens with one attached hydrogen (secondary N) is 1. The van der Waals surface area contributed by atoms with E-state index in [2.05, 4.69) is 5.32 Å². The first-order chi connectivity index (χ1) is 10.1. The van der Waals surface area contributed by atoms with E-state index in [-0.39, 0.29) is 6.61 Å².